The lowest BCUT2D eigenvalue weighted by Gasteiger charge is -2.08. The van der Waals surface area contributed by atoms with Gasteiger partial charge >= 0.3 is 0 Å². The molecule has 0 aliphatic carbocycles. The van der Waals surface area contributed by atoms with Gasteiger partial charge in [-0.2, -0.15) is 5.10 Å². The van der Waals surface area contributed by atoms with Crippen LogP contribution in [0.15, 0.2) is 83.8 Å². The summed E-state index contributed by atoms with van der Waals surface area (Å²) < 4.78 is 38.2. The molecule has 0 saturated carbocycles. The number of aryl methyl sites for hydroxylation is 1. The summed E-state index contributed by atoms with van der Waals surface area (Å²) in [6.07, 6.45) is 0.0182. The highest BCUT2D eigenvalue weighted by Gasteiger charge is 2.16. The number of anilines is 1. The van der Waals surface area contributed by atoms with E-state index in [-0.39, 0.29) is 23.0 Å². The van der Waals surface area contributed by atoms with Crippen molar-refractivity contribution in [2.75, 3.05) is 5.32 Å². The maximum Gasteiger partial charge on any atom is 0.238 e. The van der Waals surface area contributed by atoms with E-state index >= 15 is 0 Å². The predicted octanol–water partition coefficient (Wildman–Crippen LogP) is 3.82. The van der Waals surface area contributed by atoms with Gasteiger partial charge in [-0.25, -0.2) is 22.6 Å². The van der Waals surface area contributed by atoms with Crippen molar-refractivity contribution in [3.05, 3.63) is 95.9 Å². The zero-order valence-electron chi connectivity index (χ0n) is 17.7. The van der Waals surface area contributed by atoms with Crippen LogP contribution in [0.1, 0.15) is 11.3 Å². The molecule has 4 aromatic rings. The molecule has 0 aliphatic rings. The van der Waals surface area contributed by atoms with Gasteiger partial charge in [0.15, 0.2) is 0 Å². The average molecular weight is 465 g/mol. The minimum Gasteiger partial charge on any atom is -0.326 e. The smallest absolute Gasteiger partial charge is 0.238 e. The number of carbonyl (C=O) groups excluding carboxylic acids is 1. The molecule has 0 spiro atoms. The number of carbonyl (C=O) groups is 1. The van der Waals surface area contributed by atoms with Crippen LogP contribution in [0.2, 0.25) is 0 Å². The van der Waals surface area contributed by atoms with Crippen molar-refractivity contribution in [3.8, 4) is 16.9 Å². The lowest BCUT2D eigenvalue weighted by Crippen LogP contribution is -2.15. The molecule has 0 fully saturated rings. The van der Waals surface area contributed by atoms with Crippen LogP contribution in [0.3, 0.4) is 0 Å². The van der Waals surface area contributed by atoms with Gasteiger partial charge in [0.1, 0.15) is 5.82 Å². The maximum atomic E-state index is 13.4. The highest BCUT2D eigenvalue weighted by atomic mass is 32.2. The Labute approximate surface area is 190 Å². The van der Waals surface area contributed by atoms with Crippen LogP contribution in [0.5, 0.6) is 0 Å². The van der Waals surface area contributed by atoms with Gasteiger partial charge in [0, 0.05) is 11.3 Å². The summed E-state index contributed by atoms with van der Waals surface area (Å²) in [6.45, 7) is 1.96. The number of sulfonamides is 1. The van der Waals surface area contributed by atoms with Crippen molar-refractivity contribution in [2.24, 2.45) is 5.14 Å². The molecule has 1 aromatic heterocycles. The molecule has 3 aromatic carbocycles. The third-order valence-electron chi connectivity index (χ3n) is 4.99. The molecule has 0 bridgehead atoms. The number of nitrogens with one attached hydrogen (secondary N) is 1. The van der Waals surface area contributed by atoms with Gasteiger partial charge in [0.25, 0.3) is 0 Å². The van der Waals surface area contributed by atoms with E-state index in [0.717, 1.165) is 5.56 Å². The molecule has 7 nitrogen and oxygen atoms in total. The third-order valence-corrected chi connectivity index (χ3v) is 5.92. The van der Waals surface area contributed by atoms with E-state index in [1.807, 2.05) is 31.2 Å². The maximum absolute atomic E-state index is 13.4. The monoisotopic (exact) mass is 464 g/mol. The van der Waals surface area contributed by atoms with E-state index in [4.69, 9.17) is 5.14 Å². The molecule has 4 rings (SSSR count). The number of nitrogens with two attached hydrogens (primary N) is 1. The minimum absolute atomic E-state index is 0.0182. The van der Waals surface area contributed by atoms with Crippen molar-refractivity contribution in [1.29, 1.82) is 0 Å². The number of hydrogen-bond donors (Lipinski definition) is 2. The van der Waals surface area contributed by atoms with Crippen LogP contribution in [0.4, 0.5) is 10.1 Å². The molecule has 0 atom stereocenters. The molecule has 0 saturated heterocycles. The summed E-state index contributed by atoms with van der Waals surface area (Å²) in [7, 11) is -3.84. The van der Waals surface area contributed by atoms with Crippen molar-refractivity contribution in [1.82, 2.24) is 9.78 Å². The zero-order chi connectivity index (χ0) is 23.6. The first-order chi connectivity index (χ1) is 15.7. The quantitative estimate of drug-likeness (QED) is 0.452. The Morgan fingerprint density at radius 2 is 1.64 bits per heavy atom. The number of rotatable bonds is 6. The van der Waals surface area contributed by atoms with Crippen LogP contribution >= 0.6 is 0 Å². The summed E-state index contributed by atoms with van der Waals surface area (Å²) in [5.41, 5.74) is 4.13. The van der Waals surface area contributed by atoms with Gasteiger partial charge in [-0.05, 0) is 73.7 Å². The topological polar surface area (TPSA) is 107 Å². The Morgan fingerprint density at radius 3 is 2.24 bits per heavy atom. The highest BCUT2D eigenvalue weighted by molar-refractivity contribution is 7.89. The van der Waals surface area contributed by atoms with Gasteiger partial charge in [-0.15, -0.1) is 0 Å². The molecule has 1 heterocycles. The molecule has 0 radical (unpaired) electrons. The van der Waals surface area contributed by atoms with Crippen LogP contribution < -0.4 is 10.5 Å². The second-order valence-corrected chi connectivity index (χ2v) is 9.13. The number of nitrogens with zero attached hydrogens (tertiary/aromatic N) is 2. The summed E-state index contributed by atoms with van der Waals surface area (Å²) >= 11 is 0. The first kappa shape index (κ1) is 22.4. The van der Waals surface area contributed by atoms with E-state index in [1.165, 1.54) is 24.3 Å². The van der Waals surface area contributed by atoms with Crippen molar-refractivity contribution in [2.45, 2.75) is 18.2 Å². The molecule has 0 unspecified atom stereocenters. The standard InChI is InChI=1S/C24H21FN4O3S/c1-16-2-8-19(9-3-16)27-24(30)15-20-14-23(17-4-6-18(25)7-5-17)29(28-20)21-10-12-22(13-11-21)33(26,31)32/h2-14H,15H2,1H3,(H,27,30)(H2,26,31,32). The largest absolute Gasteiger partial charge is 0.326 e. The molecular weight excluding hydrogens is 443 g/mol. The van der Waals surface area contributed by atoms with Gasteiger partial charge in [0.05, 0.1) is 28.4 Å². The van der Waals surface area contributed by atoms with E-state index in [2.05, 4.69) is 10.4 Å². The Balaban J connectivity index is 1.67. The van der Waals surface area contributed by atoms with Crippen LogP contribution in [0.25, 0.3) is 16.9 Å². The minimum atomic E-state index is -3.84. The lowest BCUT2D eigenvalue weighted by atomic mass is 10.1. The van der Waals surface area contributed by atoms with E-state index in [0.29, 0.717) is 28.3 Å². The fourth-order valence-electron chi connectivity index (χ4n) is 3.32. The number of benzene rings is 3. The summed E-state index contributed by atoms with van der Waals surface area (Å²) in [5.74, 6) is -0.612. The van der Waals surface area contributed by atoms with Gasteiger partial charge in [-0.1, -0.05) is 17.7 Å². The average Bonchev–Trinajstić information content (AvgIpc) is 3.19. The normalized spacial score (nSPS) is 11.4. The van der Waals surface area contributed by atoms with Gasteiger partial charge in [-0.3, -0.25) is 4.79 Å². The Hall–Kier alpha value is -3.82. The van der Waals surface area contributed by atoms with E-state index in [9.17, 15) is 17.6 Å². The fourth-order valence-corrected chi connectivity index (χ4v) is 3.84. The highest BCUT2D eigenvalue weighted by Crippen LogP contribution is 2.25. The Bertz CT molecular complexity index is 1400. The van der Waals surface area contributed by atoms with Crippen molar-refractivity contribution in [3.63, 3.8) is 0 Å². The molecule has 168 valence electrons. The molecule has 1 amide bonds. The summed E-state index contributed by atoms with van der Waals surface area (Å²) in [5, 5.41) is 12.6. The second-order valence-electron chi connectivity index (χ2n) is 7.57. The number of primary sulfonamides is 1. The van der Waals surface area contributed by atoms with Crippen LogP contribution in [0, 0.1) is 12.7 Å². The second kappa shape index (κ2) is 8.97. The van der Waals surface area contributed by atoms with Crippen molar-refractivity contribution < 1.29 is 17.6 Å². The molecule has 33 heavy (non-hydrogen) atoms. The zero-order valence-corrected chi connectivity index (χ0v) is 18.5. The number of amides is 1. The number of aromatic nitrogens is 2. The SMILES string of the molecule is Cc1ccc(NC(=O)Cc2cc(-c3ccc(F)cc3)n(-c3ccc(S(N)(=O)=O)cc3)n2)cc1. The van der Waals surface area contributed by atoms with E-state index in [1.54, 1.807) is 35.0 Å². The summed E-state index contributed by atoms with van der Waals surface area (Å²) in [6, 6.07) is 21.0. The fraction of sp³-hybridized carbons (Fsp3) is 0.0833. The molecule has 9 heteroatoms. The molecule has 0 aliphatic heterocycles. The number of hydrogen-bond acceptors (Lipinski definition) is 4. The van der Waals surface area contributed by atoms with Crippen molar-refractivity contribution >= 4 is 21.6 Å². The van der Waals surface area contributed by atoms with Crippen LogP contribution in [-0.4, -0.2) is 24.1 Å². The van der Waals surface area contributed by atoms with Gasteiger partial charge in [0.2, 0.25) is 15.9 Å². The number of halogens is 1. The molecular formula is C24H21FN4O3S. The Kier molecular flexibility index (Phi) is 6.08. The third kappa shape index (κ3) is 5.33. The predicted molar refractivity (Wildman–Crippen MR) is 124 cm³/mol. The Morgan fingerprint density at radius 1 is 1.00 bits per heavy atom. The van der Waals surface area contributed by atoms with Crippen LogP contribution in [-0.2, 0) is 21.2 Å². The first-order valence-electron chi connectivity index (χ1n) is 10.0. The first-order valence-corrected chi connectivity index (χ1v) is 11.6. The lowest BCUT2D eigenvalue weighted by molar-refractivity contribution is -0.115. The molecule has 3 N–H and O–H groups in total. The summed E-state index contributed by atoms with van der Waals surface area (Å²) in [4.78, 5) is 12.5. The van der Waals surface area contributed by atoms with Gasteiger partial charge < -0.3 is 5.32 Å². The van der Waals surface area contributed by atoms with E-state index < -0.39 is 10.0 Å².